The molecule has 1 aromatic rings. The number of hydrogen-bond donors (Lipinski definition) is 1. The maximum atomic E-state index is 11.2. The number of nitrogens with zero attached hydrogens (tertiary/aromatic N) is 1. The van der Waals surface area contributed by atoms with Crippen molar-refractivity contribution in [2.24, 2.45) is 0 Å². The number of nitro benzene ring substituents is 1. The first-order valence-corrected chi connectivity index (χ1v) is 5.27. The molecule has 1 aromatic carbocycles. The minimum Gasteiger partial charge on any atom is -0.393 e. The number of nitrogens with two attached hydrogens (primary N) is 1. The summed E-state index contributed by atoms with van der Waals surface area (Å²) in [5.74, 6) is -0.122. The molecule has 0 aliphatic heterocycles. The number of alkyl halides is 1. The van der Waals surface area contributed by atoms with Gasteiger partial charge in [0.1, 0.15) is 11.5 Å². The Labute approximate surface area is 94.5 Å². The van der Waals surface area contributed by atoms with Gasteiger partial charge in [0.05, 0.1) is 10.3 Å². The van der Waals surface area contributed by atoms with E-state index in [4.69, 9.17) is 5.73 Å². The first-order valence-electron chi connectivity index (χ1n) is 4.15. The van der Waals surface area contributed by atoms with Crippen molar-refractivity contribution in [3.05, 3.63) is 33.9 Å². The van der Waals surface area contributed by atoms with E-state index in [1.165, 1.54) is 12.1 Å². The van der Waals surface area contributed by atoms with Crippen LogP contribution in [0.4, 0.5) is 11.4 Å². The normalized spacial score (nSPS) is 9.93. The van der Waals surface area contributed by atoms with E-state index in [2.05, 4.69) is 15.9 Å². The van der Waals surface area contributed by atoms with Gasteiger partial charge in [-0.2, -0.15) is 0 Å². The smallest absolute Gasteiger partial charge is 0.295 e. The summed E-state index contributed by atoms with van der Waals surface area (Å²) in [4.78, 5) is 21.3. The molecular weight excluding hydrogens is 264 g/mol. The second-order valence-electron chi connectivity index (χ2n) is 2.96. The largest absolute Gasteiger partial charge is 0.393 e. The van der Waals surface area contributed by atoms with Crippen LogP contribution in [0.1, 0.15) is 5.56 Å². The van der Waals surface area contributed by atoms with Gasteiger partial charge in [0, 0.05) is 12.0 Å². The molecule has 0 heterocycles. The van der Waals surface area contributed by atoms with Gasteiger partial charge in [-0.15, -0.1) is 0 Å². The van der Waals surface area contributed by atoms with Crippen molar-refractivity contribution in [1.82, 2.24) is 0 Å². The van der Waals surface area contributed by atoms with Crippen molar-refractivity contribution in [2.45, 2.75) is 6.42 Å². The third-order valence-electron chi connectivity index (χ3n) is 1.87. The number of nitrogen functional groups attached to an aromatic ring is 1. The van der Waals surface area contributed by atoms with Crippen LogP contribution in [0.25, 0.3) is 0 Å². The maximum absolute atomic E-state index is 11.2. The quantitative estimate of drug-likeness (QED) is 0.391. The molecule has 0 aliphatic carbocycles. The summed E-state index contributed by atoms with van der Waals surface area (Å²) < 4.78 is 0. The maximum Gasteiger partial charge on any atom is 0.295 e. The molecule has 0 fully saturated rings. The first-order chi connectivity index (χ1) is 7.06. The van der Waals surface area contributed by atoms with Gasteiger partial charge in [-0.3, -0.25) is 14.9 Å². The second kappa shape index (κ2) is 4.88. The zero-order valence-electron chi connectivity index (χ0n) is 7.77. The van der Waals surface area contributed by atoms with E-state index < -0.39 is 4.92 Å². The van der Waals surface area contributed by atoms with Crippen molar-refractivity contribution >= 4 is 33.1 Å². The van der Waals surface area contributed by atoms with Crippen LogP contribution in [0.5, 0.6) is 0 Å². The highest BCUT2D eigenvalue weighted by molar-refractivity contribution is 9.09. The lowest BCUT2D eigenvalue weighted by atomic mass is 10.1. The number of rotatable bonds is 4. The molecule has 6 heteroatoms. The van der Waals surface area contributed by atoms with Crippen LogP contribution in [-0.4, -0.2) is 16.0 Å². The fourth-order valence-corrected chi connectivity index (χ4v) is 1.43. The Bertz CT molecular complexity index is 406. The van der Waals surface area contributed by atoms with E-state index in [0.717, 1.165) is 0 Å². The monoisotopic (exact) mass is 272 g/mol. The van der Waals surface area contributed by atoms with Crippen molar-refractivity contribution in [1.29, 1.82) is 0 Å². The molecule has 0 saturated carbocycles. The van der Waals surface area contributed by atoms with Crippen molar-refractivity contribution < 1.29 is 9.72 Å². The van der Waals surface area contributed by atoms with Gasteiger partial charge in [0.2, 0.25) is 0 Å². The number of hydrogen-bond acceptors (Lipinski definition) is 4. The van der Waals surface area contributed by atoms with E-state index in [9.17, 15) is 14.9 Å². The molecule has 0 amide bonds. The molecule has 80 valence electrons. The molecule has 0 bridgehead atoms. The number of ketones is 1. The number of carbonyl (C=O) groups excluding carboxylic acids is 1. The lowest BCUT2D eigenvalue weighted by molar-refractivity contribution is -0.384. The molecule has 5 nitrogen and oxygen atoms in total. The van der Waals surface area contributed by atoms with Gasteiger partial charge in [0.15, 0.2) is 0 Å². The fraction of sp³-hybridized carbons (Fsp3) is 0.222. The van der Waals surface area contributed by atoms with E-state index >= 15 is 0 Å². The first kappa shape index (κ1) is 11.6. The van der Waals surface area contributed by atoms with Crippen molar-refractivity contribution in [3.8, 4) is 0 Å². The molecule has 1 rings (SSSR count). The third-order valence-corrected chi connectivity index (χ3v) is 2.50. The van der Waals surface area contributed by atoms with Crippen LogP contribution < -0.4 is 5.73 Å². The van der Waals surface area contributed by atoms with Gasteiger partial charge >= 0.3 is 0 Å². The van der Waals surface area contributed by atoms with Gasteiger partial charge < -0.3 is 5.73 Å². The Balaban J connectivity index is 3.11. The number of Topliss-reactive ketones (excluding diaryl/α,β-unsaturated/α-hetero) is 1. The summed E-state index contributed by atoms with van der Waals surface area (Å²) in [6.45, 7) is 0. The van der Waals surface area contributed by atoms with Crippen LogP contribution in [0.15, 0.2) is 18.2 Å². The summed E-state index contributed by atoms with van der Waals surface area (Å²) in [6.07, 6.45) is 0.0204. The highest BCUT2D eigenvalue weighted by Gasteiger charge is 2.18. The highest BCUT2D eigenvalue weighted by Crippen LogP contribution is 2.26. The number of carbonyl (C=O) groups is 1. The SMILES string of the molecule is Nc1cccc(CC(=O)CBr)c1[N+](=O)[O-]. The predicted molar refractivity (Wildman–Crippen MR) is 60.0 cm³/mol. The topological polar surface area (TPSA) is 86.2 Å². The molecule has 0 spiro atoms. The summed E-state index contributed by atoms with van der Waals surface area (Å²) in [5.41, 5.74) is 5.74. The molecule has 0 aliphatic rings. The molecular formula is C9H9BrN2O3. The molecule has 0 saturated heterocycles. The average molecular weight is 273 g/mol. The van der Waals surface area contributed by atoms with E-state index in [1.54, 1.807) is 6.07 Å². The fourth-order valence-electron chi connectivity index (χ4n) is 1.24. The van der Waals surface area contributed by atoms with E-state index in [1.807, 2.05) is 0 Å². The van der Waals surface area contributed by atoms with Crippen LogP contribution in [-0.2, 0) is 11.2 Å². The van der Waals surface area contributed by atoms with Crippen LogP contribution in [0.2, 0.25) is 0 Å². The van der Waals surface area contributed by atoms with E-state index in [0.29, 0.717) is 5.56 Å². The summed E-state index contributed by atoms with van der Waals surface area (Å²) in [7, 11) is 0. The highest BCUT2D eigenvalue weighted by atomic mass is 79.9. The lowest BCUT2D eigenvalue weighted by Crippen LogP contribution is -2.07. The molecule has 0 unspecified atom stereocenters. The Morgan fingerprint density at radius 2 is 2.20 bits per heavy atom. The van der Waals surface area contributed by atoms with E-state index in [-0.39, 0.29) is 28.9 Å². The Morgan fingerprint density at radius 3 is 2.73 bits per heavy atom. The average Bonchev–Trinajstić information content (AvgIpc) is 2.17. The van der Waals surface area contributed by atoms with Crippen LogP contribution in [0.3, 0.4) is 0 Å². The van der Waals surface area contributed by atoms with Crippen molar-refractivity contribution in [3.63, 3.8) is 0 Å². The Kier molecular flexibility index (Phi) is 3.79. The predicted octanol–water partition coefficient (Wildman–Crippen LogP) is 1.68. The van der Waals surface area contributed by atoms with Gasteiger partial charge in [-0.1, -0.05) is 28.1 Å². The second-order valence-corrected chi connectivity index (χ2v) is 3.52. The van der Waals surface area contributed by atoms with Gasteiger partial charge in [0.25, 0.3) is 5.69 Å². The number of para-hydroxylation sites is 1. The van der Waals surface area contributed by atoms with Crippen LogP contribution >= 0.6 is 15.9 Å². The summed E-state index contributed by atoms with van der Waals surface area (Å²) >= 11 is 3.00. The minimum atomic E-state index is -0.563. The number of nitro groups is 1. The molecule has 0 atom stereocenters. The number of halogens is 1. The lowest BCUT2D eigenvalue weighted by Gasteiger charge is -2.03. The molecule has 0 radical (unpaired) electrons. The summed E-state index contributed by atoms with van der Waals surface area (Å²) in [5, 5.41) is 10.9. The molecule has 0 aromatic heterocycles. The minimum absolute atomic E-state index is 0.0204. The van der Waals surface area contributed by atoms with Crippen LogP contribution in [0, 0.1) is 10.1 Å². The third kappa shape index (κ3) is 2.76. The van der Waals surface area contributed by atoms with Crippen molar-refractivity contribution in [2.75, 3.05) is 11.1 Å². The van der Waals surface area contributed by atoms with Gasteiger partial charge in [-0.25, -0.2) is 0 Å². The zero-order chi connectivity index (χ0) is 11.4. The molecule has 15 heavy (non-hydrogen) atoms. The molecule has 2 N–H and O–H groups in total. The number of benzene rings is 1. The zero-order valence-corrected chi connectivity index (χ0v) is 9.36. The summed E-state index contributed by atoms with van der Waals surface area (Å²) in [6, 6.07) is 4.58. The standard InChI is InChI=1S/C9H9BrN2O3/c10-5-7(13)4-6-2-1-3-8(11)9(6)12(14)15/h1-3H,4-5,11H2. The number of anilines is 1. The Hall–Kier alpha value is -1.43. The Morgan fingerprint density at radius 1 is 1.53 bits per heavy atom. The van der Waals surface area contributed by atoms with Gasteiger partial charge in [-0.05, 0) is 6.07 Å².